The zero-order chi connectivity index (χ0) is 28.8. The Hall–Kier alpha value is -4.48. The van der Waals surface area contributed by atoms with Crippen LogP contribution in [0.25, 0.3) is 11.4 Å². The summed E-state index contributed by atoms with van der Waals surface area (Å²) in [6.07, 6.45) is 6.83. The molecule has 0 radical (unpaired) electrons. The van der Waals surface area contributed by atoms with Gasteiger partial charge in [0.05, 0.1) is 35.0 Å². The average Bonchev–Trinajstić information content (AvgIpc) is 3.64. The van der Waals surface area contributed by atoms with Gasteiger partial charge in [-0.3, -0.25) is 14.6 Å². The van der Waals surface area contributed by atoms with Crippen molar-refractivity contribution < 1.29 is 28.2 Å². The van der Waals surface area contributed by atoms with Crippen LogP contribution in [0.5, 0.6) is 11.5 Å². The second kappa shape index (κ2) is 12.8. The summed E-state index contributed by atoms with van der Waals surface area (Å²) >= 11 is 0. The molecule has 3 aromatic heterocycles. The lowest BCUT2D eigenvalue weighted by Crippen LogP contribution is -2.37. The summed E-state index contributed by atoms with van der Waals surface area (Å²) in [4.78, 5) is 34.8. The topological polar surface area (TPSA) is 133 Å². The van der Waals surface area contributed by atoms with E-state index in [1.807, 2.05) is 0 Å². The number of aromatic nitrogens is 2. The number of aryl methyl sites for hydroxylation is 1. The highest BCUT2D eigenvalue weighted by Gasteiger charge is 2.18. The quantitative estimate of drug-likeness (QED) is 0.206. The molecule has 0 aliphatic carbocycles. The molecule has 1 aliphatic heterocycles. The molecule has 1 aromatic carbocycles. The lowest BCUT2D eigenvalue weighted by Gasteiger charge is -2.29. The first-order valence-corrected chi connectivity index (χ1v) is 13.5. The lowest BCUT2D eigenvalue weighted by molar-refractivity contribution is 0.0816. The van der Waals surface area contributed by atoms with Gasteiger partial charge in [0, 0.05) is 49.7 Å². The van der Waals surface area contributed by atoms with Crippen LogP contribution >= 0.6 is 0 Å². The summed E-state index contributed by atoms with van der Waals surface area (Å²) in [5, 5.41) is 15.1. The van der Waals surface area contributed by atoms with Crippen molar-refractivity contribution >= 4 is 17.5 Å². The standard InChI is InChI=1S/C30H32FN5O5/c1-19-8-14-40-28(19)30(39)35-25-16-22(3-4-24(25)31)41-23-5-10-32-27(17-23)26-15-20(18-34-26)29(38)33-9-2-11-36-12-6-21(37)7-13-36/h3-5,8,10,14-18,21,34,37H,2,6-7,9,11-13H2,1H3,(H,33,38)(H,35,39). The van der Waals surface area contributed by atoms with Gasteiger partial charge in [-0.05, 0) is 63.1 Å². The van der Waals surface area contributed by atoms with E-state index >= 15 is 0 Å². The molecule has 5 rings (SSSR count). The molecule has 41 heavy (non-hydrogen) atoms. The van der Waals surface area contributed by atoms with Gasteiger partial charge < -0.3 is 34.8 Å². The van der Waals surface area contributed by atoms with Gasteiger partial charge >= 0.3 is 0 Å². The maximum Gasteiger partial charge on any atom is 0.291 e. The summed E-state index contributed by atoms with van der Waals surface area (Å²) in [6.45, 7) is 4.93. The fourth-order valence-corrected chi connectivity index (χ4v) is 4.63. The third kappa shape index (κ3) is 7.19. The number of benzene rings is 1. The SMILES string of the molecule is Cc1ccoc1C(=O)Nc1cc(Oc2ccnc(-c3cc(C(=O)NCCCN4CCC(O)CC4)c[nH]3)c2)ccc1F. The van der Waals surface area contributed by atoms with E-state index in [1.165, 1.54) is 24.5 Å². The maximum atomic E-state index is 14.4. The number of nitrogens with one attached hydrogen (secondary N) is 3. The Kier molecular flexibility index (Phi) is 8.76. The number of hydrogen-bond donors (Lipinski definition) is 4. The normalized spacial score (nSPS) is 14.1. The number of aromatic amines is 1. The van der Waals surface area contributed by atoms with Crippen LogP contribution in [0.2, 0.25) is 0 Å². The number of rotatable bonds is 10. The Morgan fingerprint density at radius 2 is 1.95 bits per heavy atom. The molecule has 2 amide bonds. The number of hydrogen-bond acceptors (Lipinski definition) is 7. The predicted octanol–water partition coefficient (Wildman–Crippen LogP) is 4.74. The van der Waals surface area contributed by atoms with Crippen LogP contribution in [0.15, 0.2) is 65.5 Å². The van der Waals surface area contributed by atoms with Crippen molar-refractivity contribution in [3.63, 3.8) is 0 Å². The number of pyridine rings is 1. The summed E-state index contributed by atoms with van der Waals surface area (Å²) < 4.78 is 25.5. The molecule has 11 heteroatoms. The van der Waals surface area contributed by atoms with Gasteiger partial charge in [0.2, 0.25) is 0 Å². The number of aliphatic hydroxyl groups is 1. The van der Waals surface area contributed by atoms with Crippen LogP contribution in [0, 0.1) is 12.7 Å². The molecule has 0 unspecified atom stereocenters. The Balaban J connectivity index is 1.17. The number of amides is 2. The number of furan rings is 1. The van der Waals surface area contributed by atoms with Crippen molar-refractivity contribution in [3.8, 4) is 22.9 Å². The van der Waals surface area contributed by atoms with Crippen LogP contribution in [-0.2, 0) is 0 Å². The Morgan fingerprint density at radius 3 is 2.73 bits per heavy atom. The highest BCUT2D eigenvalue weighted by atomic mass is 19.1. The van der Waals surface area contributed by atoms with Crippen molar-refractivity contribution in [2.45, 2.75) is 32.3 Å². The number of halogens is 1. The number of carbonyl (C=O) groups excluding carboxylic acids is 2. The van der Waals surface area contributed by atoms with E-state index in [-0.39, 0.29) is 23.5 Å². The number of carbonyl (C=O) groups is 2. The highest BCUT2D eigenvalue weighted by Crippen LogP contribution is 2.29. The van der Waals surface area contributed by atoms with Gasteiger partial charge in [-0.1, -0.05) is 0 Å². The van der Waals surface area contributed by atoms with Crippen molar-refractivity contribution in [1.82, 2.24) is 20.2 Å². The summed E-state index contributed by atoms with van der Waals surface area (Å²) in [5.74, 6) is -0.515. The van der Waals surface area contributed by atoms with Crippen molar-refractivity contribution in [1.29, 1.82) is 0 Å². The molecule has 0 atom stereocenters. The minimum atomic E-state index is -0.617. The molecule has 1 aliphatic rings. The minimum absolute atomic E-state index is 0.0488. The van der Waals surface area contributed by atoms with Gasteiger partial charge in [0.15, 0.2) is 5.76 Å². The molecule has 4 aromatic rings. The molecule has 0 spiro atoms. The lowest BCUT2D eigenvalue weighted by atomic mass is 10.1. The Labute approximate surface area is 236 Å². The molecule has 0 bridgehead atoms. The van der Waals surface area contributed by atoms with E-state index < -0.39 is 11.7 Å². The Morgan fingerprint density at radius 1 is 1.15 bits per heavy atom. The van der Waals surface area contributed by atoms with Crippen molar-refractivity contribution in [3.05, 3.63) is 83.8 Å². The number of likely N-dealkylation sites (tertiary alicyclic amines) is 1. The molecular formula is C30H32FN5O5. The van der Waals surface area contributed by atoms with E-state index in [1.54, 1.807) is 43.6 Å². The molecule has 0 saturated carbocycles. The summed E-state index contributed by atoms with van der Waals surface area (Å²) in [6, 6.07) is 10.8. The smallest absolute Gasteiger partial charge is 0.291 e. The van der Waals surface area contributed by atoms with E-state index in [2.05, 4.69) is 25.5 Å². The summed E-state index contributed by atoms with van der Waals surface area (Å²) in [5.41, 5.74) is 2.26. The fourth-order valence-electron chi connectivity index (χ4n) is 4.63. The van der Waals surface area contributed by atoms with Gasteiger partial charge in [0.1, 0.15) is 17.3 Å². The van der Waals surface area contributed by atoms with Crippen LogP contribution in [-0.4, -0.2) is 64.1 Å². The third-order valence-electron chi connectivity index (χ3n) is 6.94. The number of piperidine rings is 1. The van der Waals surface area contributed by atoms with Crippen molar-refractivity contribution in [2.75, 3.05) is 31.5 Å². The van der Waals surface area contributed by atoms with Gasteiger partial charge in [0.25, 0.3) is 11.8 Å². The first kappa shape index (κ1) is 28.1. The molecule has 214 valence electrons. The minimum Gasteiger partial charge on any atom is -0.459 e. The van der Waals surface area contributed by atoms with Crippen molar-refractivity contribution in [2.24, 2.45) is 0 Å². The molecule has 4 heterocycles. The monoisotopic (exact) mass is 561 g/mol. The second-order valence-electron chi connectivity index (χ2n) is 9.99. The van der Waals surface area contributed by atoms with E-state index in [9.17, 15) is 19.1 Å². The van der Waals surface area contributed by atoms with Crippen LogP contribution < -0.4 is 15.4 Å². The zero-order valence-corrected chi connectivity index (χ0v) is 22.7. The molecule has 1 saturated heterocycles. The predicted molar refractivity (Wildman–Crippen MR) is 151 cm³/mol. The third-order valence-corrected chi connectivity index (χ3v) is 6.94. The number of nitrogens with zero attached hydrogens (tertiary/aromatic N) is 2. The zero-order valence-electron chi connectivity index (χ0n) is 22.7. The summed E-state index contributed by atoms with van der Waals surface area (Å²) in [7, 11) is 0. The fraction of sp³-hybridized carbons (Fsp3) is 0.300. The number of ether oxygens (including phenoxy) is 1. The average molecular weight is 562 g/mol. The maximum absolute atomic E-state index is 14.4. The first-order valence-electron chi connectivity index (χ1n) is 13.5. The van der Waals surface area contributed by atoms with Gasteiger partial charge in [-0.2, -0.15) is 0 Å². The van der Waals surface area contributed by atoms with Crippen LogP contribution in [0.1, 0.15) is 45.7 Å². The molecule has 4 N–H and O–H groups in total. The van der Waals surface area contributed by atoms with Gasteiger partial charge in [-0.25, -0.2) is 4.39 Å². The molecule has 10 nitrogen and oxygen atoms in total. The van der Waals surface area contributed by atoms with Crippen LogP contribution in [0.4, 0.5) is 10.1 Å². The van der Waals surface area contributed by atoms with Gasteiger partial charge in [-0.15, -0.1) is 0 Å². The largest absolute Gasteiger partial charge is 0.459 e. The second-order valence-corrected chi connectivity index (χ2v) is 9.99. The first-order chi connectivity index (χ1) is 19.9. The number of anilines is 1. The van der Waals surface area contributed by atoms with E-state index in [0.29, 0.717) is 40.6 Å². The number of H-pyrrole nitrogens is 1. The molecular weight excluding hydrogens is 529 g/mol. The van der Waals surface area contributed by atoms with Crippen LogP contribution in [0.3, 0.4) is 0 Å². The molecule has 1 fully saturated rings. The highest BCUT2D eigenvalue weighted by molar-refractivity contribution is 6.03. The Bertz CT molecular complexity index is 1510. The van der Waals surface area contributed by atoms with E-state index in [0.717, 1.165) is 38.9 Å². The number of aliphatic hydroxyl groups excluding tert-OH is 1. The van der Waals surface area contributed by atoms with E-state index in [4.69, 9.17) is 9.15 Å².